The first-order valence-electron chi connectivity index (χ1n) is 7.65. The Bertz CT molecular complexity index is 931. The van der Waals surface area contributed by atoms with E-state index in [2.05, 4.69) is 21.0 Å². The summed E-state index contributed by atoms with van der Waals surface area (Å²) in [4.78, 5) is 12.1. The van der Waals surface area contributed by atoms with Gasteiger partial charge in [0.25, 0.3) is 0 Å². The summed E-state index contributed by atoms with van der Waals surface area (Å²) in [5, 5.41) is 10.1. The lowest BCUT2D eigenvalue weighted by Crippen LogP contribution is -2.39. The molecule has 0 aliphatic rings. The average molecular weight is 321 g/mol. The topological polar surface area (TPSA) is 101 Å². The molecule has 0 unspecified atom stereocenters. The number of aromatic amines is 1. The molecule has 0 saturated heterocycles. The molecule has 24 heavy (non-hydrogen) atoms. The fraction of sp³-hybridized carbons (Fsp3) is 0.278. The van der Waals surface area contributed by atoms with Gasteiger partial charge in [0.1, 0.15) is 18.4 Å². The Labute approximate surface area is 140 Å². The highest BCUT2D eigenvalue weighted by atomic mass is 16.5. The number of hydrogen-bond donors (Lipinski definition) is 2. The van der Waals surface area contributed by atoms with Gasteiger partial charge in [0.2, 0.25) is 5.88 Å². The van der Waals surface area contributed by atoms with Crippen molar-refractivity contribution >= 4 is 10.9 Å². The number of nitrogens with one attached hydrogen (secondary N) is 1. The van der Waals surface area contributed by atoms with Gasteiger partial charge in [-0.2, -0.15) is 5.26 Å². The van der Waals surface area contributed by atoms with E-state index in [1.54, 1.807) is 12.3 Å². The third-order valence-electron chi connectivity index (χ3n) is 3.59. The number of ether oxygens (including phenoxy) is 1. The second-order valence-electron chi connectivity index (χ2n) is 6.47. The third-order valence-corrected chi connectivity index (χ3v) is 3.59. The maximum Gasteiger partial charge on any atom is 0.235 e. The number of rotatable bonds is 4. The van der Waals surface area contributed by atoms with Crippen LogP contribution in [0.15, 0.2) is 30.6 Å². The Kier molecular flexibility index (Phi) is 3.96. The highest BCUT2D eigenvalue weighted by molar-refractivity contribution is 5.97. The molecule has 0 saturated carbocycles. The number of hydrogen-bond acceptors (Lipinski definition) is 5. The molecule has 1 aromatic carbocycles. The van der Waals surface area contributed by atoms with Crippen molar-refractivity contribution in [2.75, 3.05) is 6.61 Å². The minimum Gasteiger partial charge on any atom is -0.474 e. The predicted octanol–water partition coefficient (Wildman–Crippen LogP) is 2.92. The summed E-state index contributed by atoms with van der Waals surface area (Å²) >= 11 is 0. The summed E-state index contributed by atoms with van der Waals surface area (Å²) in [6, 6.07) is 7.79. The molecular formula is C18H19N5O. The Morgan fingerprint density at radius 3 is 2.83 bits per heavy atom. The summed E-state index contributed by atoms with van der Waals surface area (Å²) in [5.74, 6) is 0.481. The smallest absolute Gasteiger partial charge is 0.235 e. The maximum atomic E-state index is 9.20. The fourth-order valence-corrected chi connectivity index (χ4v) is 2.46. The van der Waals surface area contributed by atoms with Gasteiger partial charge in [0.15, 0.2) is 0 Å². The van der Waals surface area contributed by atoms with Crippen molar-refractivity contribution in [3.63, 3.8) is 0 Å². The van der Waals surface area contributed by atoms with E-state index in [4.69, 9.17) is 10.5 Å². The van der Waals surface area contributed by atoms with E-state index in [1.165, 1.54) is 0 Å². The van der Waals surface area contributed by atoms with Crippen LogP contribution in [0.1, 0.15) is 25.1 Å². The molecule has 3 rings (SSSR count). The summed E-state index contributed by atoms with van der Waals surface area (Å²) < 4.78 is 5.65. The van der Waals surface area contributed by atoms with Crippen molar-refractivity contribution in [3.05, 3.63) is 41.9 Å². The van der Waals surface area contributed by atoms with Gasteiger partial charge in [-0.25, -0.2) is 9.97 Å². The van der Waals surface area contributed by atoms with E-state index in [9.17, 15) is 5.26 Å². The maximum absolute atomic E-state index is 9.20. The molecule has 6 nitrogen and oxygen atoms in total. The second-order valence-corrected chi connectivity index (χ2v) is 6.47. The number of nitriles is 1. The van der Waals surface area contributed by atoms with Crippen molar-refractivity contribution < 1.29 is 4.74 Å². The van der Waals surface area contributed by atoms with Gasteiger partial charge in [-0.1, -0.05) is 12.1 Å². The van der Waals surface area contributed by atoms with Crippen molar-refractivity contribution in [2.45, 2.75) is 26.3 Å². The lowest BCUT2D eigenvalue weighted by molar-refractivity contribution is 0.232. The van der Waals surface area contributed by atoms with Crippen molar-refractivity contribution in [3.8, 4) is 23.2 Å². The number of nitrogens with two attached hydrogens (primary N) is 1. The molecule has 0 radical (unpaired) electrons. The Hall–Kier alpha value is -2.91. The molecule has 3 N–H and O–H groups in total. The average Bonchev–Trinajstić information content (AvgIpc) is 2.96. The van der Waals surface area contributed by atoms with Gasteiger partial charge in [0, 0.05) is 22.7 Å². The standard InChI is InChI=1S/C18H19N5O/c1-11-17(24-10-18(2,3)20)22-9-15(23-11)14-8-21-16-12(7-19)5-4-6-13(14)16/h4-6,8-9,21H,10,20H2,1-3H3. The molecule has 0 atom stereocenters. The molecule has 2 aromatic heterocycles. The molecule has 6 heteroatoms. The SMILES string of the molecule is Cc1nc(-c2c[nH]c3c(C#N)cccc23)cnc1OCC(C)(C)N. The Morgan fingerprint density at radius 1 is 1.38 bits per heavy atom. The first-order chi connectivity index (χ1) is 11.4. The number of fused-ring (bicyclic) bond motifs is 1. The summed E-state index contributed by atoms with van der Waals surface area (Å²) in [6.45, 7) is 6.00. The Morgan fingerprint density at radius 2 is 2.17 bits per heavy atom. The molecule has 3 aromatic rings. The van der Waals surface area contributed by atoms with Crippen molar-refractivity contribution in [1.82, 2.24) is 15.0 Å². The normalized spacial score (nSPS) is 11.5. The fourth-order valence-electron chi connectivity index (χ4n) is 2.46. The summed E-state index contributed by atoms with van der Waals surface area (Å²) in [5.41, 5.74) is 9.24. The second kappa shape index (κ2) is 5.95. The highest BCUT2D eigenvalue weighted by Crippen LogP contribution is 2.29. The third kappa shape index (κ3) is 3.07. The van der Waals surface area contributed by atoms with Crippen LogP contribution in [-0.2, 0) is 0 Å². The van der Waals surface area contributed by atoms with E-state index in [0.29, 0.717) is 23.7 Å². The van der Waals surface area contributed by atoms with E-state index < -0.39 is 5.54 Å². The van der Waals surface area contributed by atoms with Crippen LogP contribution < -0.4 is 10.5 Å². The van der Waals surface area contributed by atoms with Gasteiger partial charge in [0.05, 0.1) is 23.0 Å². The number of aryl methyl sites for hydroxylation is 1. The molecule has 2 heterocycles. The summed E-state index contributed by atoms with van der Waals surface area (Å²) in [7, 11) is 0. The molecule has 0 fully saturated rings. The molecule has 0 aliphatic heterocycles. The van der Waals surface area contributed by atoms with E-state index >= 15 is 0 Å². The van der Waals surface area contributed by atoms with Crippen LogP contribution in [0.2, 0.25) is 0 Å². The van der Waals surface area contributed by atoms with E-state index in [-0.39, 0.29) is 0 Å². The van der Waals surface area contributed by atoms with Crippen LogP contribution in [0.5, 0.6) is 5.88 Å². The van der Waals surface area contributed by atoms with Gasteiger partial charge in [-0.15, -0.1) is 0 Å². The predicted molar refractivity (Wildman–Crippen MR) is 92.5 cm³/mol. The van der Waals surface area contributed by atoms with Crippen molar-refractivity contribution in [1.29, 1.82) is 5.26 Å². The lowest BCUT2D eigenvalue weighted by Gasteiger charge is -2.19. The zero-order valence-corrected chi connectivity index (χ0v) is 13.9. The zero-order chi connectivity index (χ0) is 17.3. The number of H-pyrrole nitrogens is 1. The zero-order valence-electron chi connectivity index (χ0n) is 13.9. The minimum atomic E-state index is -0.433. The molecule has 0 aliphatic carbocycles. The molecule has 0 bridgehead atoms. The number of benzene rings is 1. The summed E-state index contributed by atoms with van der Waals surface area (Å²) in [6.07, 6.45) is 3.52. The number of nitrogens with zero attached hydrogens (tertiary/aromatic N) is 3. The van der Waals surface area contributed by atoms with E-state index in [1.807, 2.05) is 39.1 Å². The van der Waals surface area contributed by atoms with Crippen LogP contribution in [0.3, 0.4) is 0 Å². The minimum absolute atomic E-state index is 0.362. The van der Waals surface area contributed by atoms with Gasteiger partial charge in [-0.05, 0) is 26.8 Å². The number of para-hydroxylation sites is 1. The monoisotopic (exact) mass is 321 g/mol. The van der Waals surface area contributed by atoms with E-state index in [0.717, 1.165) is 22.2 Å². The van der Waals surface area contributed by atoms with Crippen LogP contribution in [-0.4, -0.2) is 27.1 Å². The first-order valence-corrected chi connectivity index (χ1v) is 7.65. The quantitative estimate of drug-likeness (QED) is 0.769. The van der Waals surface area contributed by atoms with Gasteiger partial charge < -0.3 is 15.5 Å². The van der Waals surface area contributed by atoms with Crippen molar-refractivity contribution in [2.24, 2.45) is 5.73 Å². The molecule has 0 amide bonds. The molecule has 122 valence electrons. The lowest BCUT2D eigenvalue weighted by atomic mass is 10.1. The van der Waals surface area contributed by atoms with Crippen LogP contribution >= 0.6 is 0 Å². The molecule has 0 spiro atoms. The highest BCUT2D eigenvalue weighted by Gasteiger charge is 2.15. The largest absolute Gasteiger partial charge is 0.474 e. The Balaban J connectivity index is 1.97. The number of aromatic nitrogens is 3. The first kappa shape index (κ1) is 16.0. The van der Waals surface area contributed by atoms with Gasteiger partial charge >= 0.3 is 0 Å². The van der Waals surface area contributed by atoms with Gasteiger partial charge in [-0.3, -0.25) is 0 Å². The van der Waals surface area contributed by atoms with Crippen LogP contribution in [0.25, 0.3) is 22.2 Å². The van der Waals surface area contributed by atoms with Crippen LogP contribution in [0, 0.1) is 18.3 Å². The molecular weight excluding hydrogens is 302 g/mol. The van der Waals surface area contributed by atoms with Crippen LogP contribution in [0.4, 0.5) is 0 Å².